The quantitative estimate of drug-likeness (QED) is 0.475. The number of aliphatic imine (C=N–C) groups is 1. The van der Waals surface area contributed by atoms with E-state index >= 15 is 0 Å². The lowest BCUT2D eigenvalue weighted by Gasteiger charge is -2.40. The van der Waals surface area contributed by atoms with E-state index in [1.54, 1.807) is 31.4 Å². The summed E-state index contributed by atoms with van der Waals surface area (Å²) in [6.07, 6.45) is -2.73. The largest absolute Gasteiger partial charge is 0.433 e. The van der Waals surface area contributed by atoms with Crippen LogP contribution in [0, 0.1) is 5.41 Å². The highest BCUT2D eigenvalue weighted by atomic mass is 79.9. The molecule has 3 nitrogen and oxygen atoms in total. The van der Waals surface area contributed by atoms with Gasteiger partial charge in [0.1, 0.15) is 0 Å². The van der Waals surface area contributed by atoms with Gasteiger partial charge in [-0.15, -0.1) is 0 Å². The van der Waals surface area contributed by atoms with Crippen molar-refractivity contribution in [3.05, 3.63) is 58.6 Å². The van der Waals surface area contributed by atoms with Crippen molar-refractivity contribution in [1.82, 2.24) is 0 Å². The number of hydrogen-bond acceptors (Lipinski definition) is 3. The summed E-state index contributed by atoms with van der Waals surface area (Å²) in [5.74, 6) is 0. The molecule has 0 saturated carbocycles. The van der Waals surface area contributed by atoms with Gasteiger partial charge in [-0.25, -0.2) is 4.99 Å². The number of nitrogens with zero attached hydrogens (tertiary/aromatic N) is 2. The Bertz CT molecular complexity index is 857. The molecular weight excluding hydrogens is 445 g/mol. The number of rotatable bonds is 5. The molecule has 0 amide bonds. The van der Waals surface area contributed by atoms with Gasteiger partial charge in [0.25, 0.3) is 0 Å². The summed E-state index contributed by atoms with van der Waals surface area (Å²) in [4.78, 5) is 6.20. The highest BCUT2D eigenvalue weighted by Crippen LogP contribution is 2.38. The van der Waals surface area contributed by atoms with Crippen molar-refractivity contribution in [2.75, 3.05) is 31.7 Å². The van der Waals surface area contributed by atoms with Crippen molar-refractivity contribution >= 4 is 33.0 Å². The molecule has 0 atom stereocenters. The molecular formula is C22H24BrF3N2O. The highest BCUT2D eigenvalue weighted by Gasteiger charge is 2.37. The maximum absolute atomic E-state index is 13.8. The molecule has 1 saturated heterocycles. The summed E-state index contributed by atoms with van der Waals surface area (Å²) in [6, 6.07) is 13.1. The predicted octanol–water partition coefficient (Wildman–Crippen LogP) is 6.39. The van der Waals surface area contributed by atoms with Gasteiger partial charge >= 0.3 is 6.18 Å². The van der Waals surface area contributed by atoms with E-state index < -0.39 is 11.9 Å². The number of hydrogen-bond donors (Lipinski definition) is 0. The van der Waals surface area contributed by atoms with E-state index in [0.29, 0.717) is 12.3 Å². The molecule has 2 aromatic rings. The Hall–Kier alpha value is -1.86. The molecule has 1 heterocycles. The van der Waals surface area contributed by atoms with Gasteiger partial charge in [0.15, 0.2) is 5.71 Å². The zero-order valence-corrected chi connectivity index (χ0v) is 18.1. The van der Waals surface area contributed by atoms with Crippen LogP contribution in [0.2, 0.25) is 0 Å². The summed E-state index contributed by atoms with van der Waals surface area (Å²) in [5.41, 5.74) is 0.308. The van der Waals surface area contributed by atoms with Crippen LogP contribution in [0.25, 0.3) is 0 Å². The zero-order valence-electron chi connectivity index (χ0n) is 16.5. The van der Waals surface area contributed by atoms with Crippen LogP contribution in [-0.2, 0) is 4.74 Å². The first-order valence-electron chi connectivity index (χ1n) is 9.47. The smallest absolute Gasteiger partial charge is 0.384 e. The Morgan fingerprint density at radius 1 is 1.10 bits per heavy atom. The molecule has 0 spiro atoms. The molecule has 0 aliphatic carbocycles. The van der Waals surface area contributed by atoms with Crippen LogP contribution in [0.5, 0.6) is 0 Å². The summed E-state index contributed by atoms with van der Waals surface area (Å²) >= 11 is 3.26. The lowest BCUT2D eigenvalue weighted by molar-refractivity contribution is -0.0579. The third-order valence-corrected chi connectivity index (χ3v) is 5.83. The number of halogens is 4. The number of anilines is 1. The average molecular weight is 469 g/mol. The van der Waals surface area contributed by atoms with Crippen molar-refractivity contribution in [2.24, 2.45) is 10.4 Å². The molecule has 156 valence electrons. The second kappa shape index (κ2) is 8.88. The normalized spacial score (nSPS) is 17.4. The van der Waals surface area contributed by atoms with E-state index in [2.05, 4.69) is 32.7 Å². The maximum Gasteiger partial charge on any atom is 0.433 e. The molecule has 1 aliphatic heterocycles. The molecule has 3 rings (SSSR count). The van der Waals surface area contributed by atoms with Gasteiger partial charge in [0.2, 0.25) is 0 Å². The first-order chi connectivity index (χ1) is 13.7. The van der Waals surface area contributed by atoms with Crippen molar-refractivity contribution < 1.29 is 17.9 Å². The molecule has 0 unspecified atom stereocenters. The van der Waals surface area contributed by atoms with Gasteiger partial charge in [-0.1, -0.05) is 47.1 Å². The summed E-state index contributed by atoms with van der Waals surface area (Å²) in [5, 5.41) is 0. The first-order valence-corrected chi connectivity index (χ1v) is 10.3. The van der Waals surface area contributed by atoms with E-state index in [-0.39, 0.29) is 11.0 Å². The third-order valence-electron chi connectivity index (χ3n) is 5.30. The molecule has 29 heavy (non-hydrogen) atoms. The monoisotopic (exact) mass is 468 g/mol. The van der Waals surface area contributed by atoms with Crippen LogP contribution in [0.3, 0.4) is 0 Å². The Morgan fingerprint density at radius 3 is 2.31 bits per heavy atom. The zero-order chi connectivity index (χ0) is 21.1. The molecule has 1 fully saturated rings. The fourth-order valence-electron chi connectivity index (χ4n) is 3.63. The number of methoxy groups -OCH3 is 1. The van der Waals surface area contributed by atoms with Crippen molar-refractivity contribution in [3.63, 3.8) is 0 Å². The van der Waals surface area contributed by atoms with Gasteiger partial charge < -0.3 is 9.64 Å². The summed E-state index contributed by atoms with van der Waals surface area (Å²) in [7, 11) is 1.70. The highest BCUT2D eigenvalue weighted by molar-refractivity contribution is 9.10. The van der Waals surface area contributed by atoms with E-state index in [9.17, 15) is 13.2 Å². The summed E-state index contributed by atoms with van der Waals surface area (Å²) < 4.78 is 47.4. The number of alkyl halides is 3. The Labute approximate surface area is 177 Å². The van der Waals surface area contributed by atoms with Crippen molar-refractivity contribution in [3.8, 4) is 0 Å². The van der Waals surface area contributed by atoms with Crippen LogP contribution in [0.15, 0.2) is 58.0 Å². The SMILES string of the molecule is COCC1(C)CCN(c2ccccc2/N=C(/c2ccc(Br)cc2)C(F)(F)F)CC1. The van der Waals surface area contributed by atoms with Crippen molar-refractivity contribution in [2.45, 2.75) is 25.9 Å². The van der Waals surface area contributed by atoms with E-state index in [0.717, 1.165) is 36.1 Å². The van der Waals surface area contributed by atoms with Crippen LogP contribution in [-0.4, -0.2) is 38.7 Å². The minimum Gasteiger partial charge on any atom is -0.384 e. The van der Waals surface area contributed by atoms with Gasteiger partial charge in [0.05, 0.1) is 18.0 Å². The first kappa shape index (κ1) is 21.8. The van der Waals surface area contributed by atoms with Gasteiger partial charge in [-0.3, -0.25) is 0 Å². The molecule has 2 aromatic carbocycles. The Kier molecular flexibility index (Phi) is 6.69. The van der Waals surface area contributed by atoms with Crippen LogP contribution in [0.1, 0.15) is 25.3 Å². The van der Waals surface area contributed by atoms with E-state index in [1.165, 1.54) is 12.1 Å². The minimum absolute atomic E-state index is 0.0433. The fourth-order valence-corrected chi connectivity index (χ4v) is 3.89. The molecule has 0 aromatic heterocycles. The van der Waals surface area contributed by atoms with E-state index in [1.807, 2.05) is 12.1 Å². The van der Waals surface area contributed by atoms with Gasteiger partial charge in [-0.2, -0.15) is 13.2 Å². The standard InChI is InChI=1S/C22H24BrF3N2O/c1-21(15-29-2)11-13-28(14-12-21)19-6-4-3-5-18(19)27-20(22(24,25)26)16-7-9-17(23)10-8-16/h3-10H,11-15H2,1-2H3/b27-20-. The lowest BCUT2D eigenvalue weighted by Crippen LogP contribution is -2.40. The van der Waals surface area contributed by atoms with Crippen LogP contribution < -0.4 is 4.90 Å². The maximum atomic E-state index is 13.8. The average Bonchev–Trinajstić information content (AvgIpc) is 2.67. The third kappa shape index (κ3) is 5.39. The second-order valence-corrected chi connectivity index (χ2v) is 8.60. The molecule has 0 N–H and O–H groups in total. The topological polar surface area (TPSA) is 24.8 Å². The van der Waals surface area contributed by atoms with Crippen molar-refractivity contribution in [1.29, 1.82) is 0 Å². The van der Waals surface area contributed by atoms with E-state index in [4.69, 9.17) is 4.74 Å². The lowest BCUT2D eigenvalue weighted by atomic mass is 9.81. The number of para-hydroxylation sites is 2. The van der Waals surface area contributed by atoms with Gasteiger partial charge in [-0.05, 0) is 42.5 Å². The summed E-state index contributed by atoms with van der Waals surface area (Å²) in [6.45, 7) is 4.38. The van der Waals surface area contributed by atoms with Crippen LogP contribution >= 0.6 is 15.9 Å². The number of piperidine rings is 1. The molecule has 1 aliphatic rings. The number of benzene rings is 2. The number of ether oxygens (including phenoxy) is 1. The Balaban J connectivity index is 1.94. The minimum atomic E-state index is -4.56. The predicted molar refractivity (Wildman–Crippen MR) is 114 cm³/mol. The molecule has 0 radical (unpaired) electrons. The van der Waals surface area contributed by atoms with Gasteiger partial charge in [0, 0.05) is 30.2 Å². The fraction of sp³-hybridized carbons (Fsp3) is 0.409. The molecule has 7 heteroatoms. The Morgan fingerprint density at radius 2 is 1.72 bits per heavy atom. The second-order valence-electron chi connectivity index (χ2n) is 7.68. The molecule has 0 bridgehead atoms. The van der Waals surface area contributed by atoms with Crippen LogP contribution in [0.4, 0.5) is 24.5 Å².